The van der Waals surface area contributed by atoms with Gasteiger partial charge in [0, 0.05) is 12.1 Å². The topological polar surface area (TPSA) is 132 Å². The van der Waals surface area contributed by atoms with E-state index >= 15 is 0 Å². The second kappa shape index (κ2) is 9.55. The van der Waals surface area contributed by atoms with Crippen LogP contribution in [0.4, 0.5) is 17.1 Å². The van der Waals surface area contributed by atoms with Crippen LogP contribution in [0.1, 0.15) is 29.7 Å². The molecule has 1 atom stereocenters. The zero-order valence-corrected chi connectivity index (χ0v) is 20.2. The summed E-state index contributed by atoms with van der Waals surface area (Å²) in [5, 5.41) is 19.0. The molecule has 0 aliphatic carbocycles. The van der Waals surface area contributed by atoms with Gasteiger partial charge in [-0.15, -0.1) is 0 Å². The maximum Gasteiger partial charge on any atom is 0.293 e. The summed E-state index contributed by atoms with van der Waals surface area (Å²) in [7, 11) is -4.02. The van der Waals surface area contributed by atoms with Crippen molar-refractivity contribution in [1.82, 2.24) is 14.8 Å². The highest BCUT2D eigenvalue weighted by molar-refractivity contribution is 7.92. The second-order valence-electron chi connectivity index (χ2n) is 8.16. The molecule has 180 valence electrons. The Kier molecular flexibility index (Phi) is 6.52. The van der Waals surface area contributed by atoms with E-state index in [2.05, 4.69) is 20.1 Å². The SMILES string of the molecule is Cc1ccc(NS(=O)(=O)c2ccc(NC(C)c3ccc(-n4cncn4)cc3)c([N+](=O)[O-])c2)c(C)c1. The molecule has 0 spiro atoms. The van der Waals surface area contributed by atoms with E-state index < -0.39 is 14.9 Å². The number of hydrogen-bond donors (Lipinski definition) is 2. The van der Waals surface area contributed by atoms with Gasteiger partial charge in [0.2, 0.25) is 0 Å². The van der Waals surface area contributed by atoms with Crippen LogP contribution in [0.3, 0.4) is 0 Å². The summed E-state index contributed by atoms with van der Waals surface area (Å²) in [6.45, 7) is 5.56. The van der Waals surface area contributed by atoms with Gasteiger partial charge in [0.1, 0.15) is 18.3 Å². The van der Waals surface area contributed by atoms with E-state index in [-0.39, 0.29) is 22.3 Å². The van der Waals surface area contributed by atoms with Gasteiger partial charge in [-0.3, -0.25) is 14.8 Å². The Morgan fingerprint density at radius 3 is 2.34 bits per heavy atom. The van der Waals surface area contributed by atoms with Gasteiger partial charge in [-0.2, -0.15) is 5.10 Å². The van der Waals surface area contributed by atoms with Crippen molar-refractivity contribution in [3.05, 3.63) is 100 Å². The summed E-state index contributed by atoms with van der Waals surface area (Å²) < 4.78 is 30.0. The first-order valence-electron chi connectivity index (χ1n) is 10.7. The standard InChI is InChI=1S/C24H24N6O4S/c1-16-4-10-22(17(2)12-16)28-35(33,34)21-9-11-23(24(13-21)30(31)32)27-18(3)19-5-7-20(8-6-19)29-15-25-14-26-29/h4-15,18,27-28H,1-3H3. The van der Waals surface area contributed by atoms with Gasteiger partial charge in [-0.1, -0.05) is 29.8 Å². The lowest BCUT2D eigenvalue weighted by Crippen LogP contribution is -2.15. The van der Waals surface area contributed by atoms with Crippen molar-refractivity contribution in [2.24, 2.45) is 0 Å². The first-order chi connectivity index (χ1) is 16.6. The summed E-state index contributed by atoms with van der Waals surface area (Å²) in [6.07, 6.45) is 3.03. The lowest BCUT2D eigenvalue weighted by molar-refractivity contribution is -0.384. The summed E-state index contributed by atoms with van der Waals surface area (Å²) >= 11 is 0. The highest BCUT2D eigenvalue weighted by Crippen LogP contribution is 2.32. The lowest BCUT2D eigenvalue weighted by Gasteiger charge is -2.17. The lowest BCUT2D eigenvalue weighted by atomic mass is 10.1. The normalized spacial score (nSPS) is 12.2. The van der Waals surface area contributed by atoms with Gasteiger partial charge >= 0.3 is 0 Å². The molecule has 0 saturated carbocycles. The Hall–Kier alpha value is -4.25. The van der Waals surface area contributed by atoms with Crippen LogP contribution < -0.4 is 10.0 Å². The number of nitro benzene ring substituents is 1. The van der Waals surface area contributed by atoms with Gasteiger partial charge in [-0.05, 0) is 62.2 Å². The minimum Gasteiger partial charge on any atom is -0.373 e. The van der Waals surface area contributed by atoms with E-state index in [0.717, 1.165) is 28.4 Å². The smallest absolute Gasteiger partial charge is 0.293 e. The number of anilines is 2. The molecule has 1 unspecified atom stereocenters. The molecule has 0 aliphatic heterocycles. The van der Waals surface area contributed by atoms with E-state index in [1.54, 1.807) is 30.1 Å². The molecule has 35 heavy (non-hydrogen) atoms. The average Bonchev–Trinajstić information content (AvgIpc) is 3.36. The minimum atomic E-state index is -4.02. The molecule has 11 heteroatoms. The van der Waals surface area contributed by atoms with Gasteiger partial charge in [-0.25, -0.2) is 18.1 Å². The first kappa shape index (κ1) is 23.9. The third-order valence-corrected chi connectivity index (χ3v) is 6.91. The van der Waals surface area contributed by atoms with Gasteiger partial charge in [0.05, 0.1) is 21.2 Å². The number of benzene rings is 3. The Balaban J connectivity index is 1.57. The molecule has 2 N–H and O–H groups in total. The van der Waals surface area contributed by atoms with Crippen LogP contribution in [0.2, 0.25) is 0 Å². The Morgan fingerprint density at radius 1 is 1.00 bits per heavy atom. The van der Waals surface area contributed by atoms with Crippen molar-refractivity contribution in [2.75, 3.05) is 10.0 Å². The van der Waals surface area contributed by atoms with Crippen LogP contribution >= 0.6 is 0 Å². The maximum absolute atomic E-state index is 12.9. The molecule has 0 bridgehead atoms. The monoisotopic (exact) mass is 492 g/mol. The van der Waals surface area contributed by atoms with E-state index in [0.29, 0.717) is 5.69 Å². The molecule has 0 fully saturated rings. The molecule has 4 aromatic rings. The van der Waals surface area contributed by atoms with Gasteiger partial charge in [0.15, 0.2) is 0 Å². The Morgan fingerprint density at radius 2 is 1.71 bits per heavy atom. The number of sulfonamides is 1. The molecular formula is C24H24N6O4S. The average molecular weight is 493 g/mol. The molecular weight excluding hydrogens is 468 g/mol. The number of rotatable bonds is 8. The zero-order chi connectivity index (χ0) is 25.2. The van der Waals surface area contributed by atoms with Gasteiger partial charge < -0.3 is 5.32 Å². The third-order valence-electron chi connectivity index (χ3n) is 5.55. The number of nitrogens with one attached hydrogen (secondary N) is 2. The number of nitro groups is 1. The molecule has 0 amide bonds. The van der Waals surface area contributed by atoms with E-state index in [1.807, 2.05) is 44.2 Å². The second-order valence-corrected chi connectivity index (χ2v) is 9.84. The van der Waals surface area contributed by atoms with Crippen LogP contribution in [-0.4, -0.2) is 28.1 Å². The highest BCUT2D eigenvalue weighted by atomic mass is 32.2. The highest BCUT2D eigenvalue weighted by Gasteiger charge is 2.23. The fraction of sp³-hybridized carbons (Fsp3) is 0.167. The first-order valence-corrected chi connectivity index (χ1v) is 12.2. The van der Waals surface area contributed by atoms with Crippen molar-refractivity contribution in [1.29, 1.82) is 0 Å². The molecule has 0 saturated heterocycles. The van der Waals surface area contributed by atoms with Crippen LogP contribution in [-0.2, 0) is 10.0 Å². The summed E-state index contributed by atoms with van der Waals surface area (Å²) in [4.78, 5) is 14.9. The van der Waals surface area contributed by atoms with Crippen LogP contribution in [0.15, 0.2) is 78.2 Å². The molecule has 1 heterocycles. The van der Waals surface area contributed by atoms with Crippen LogP contribution in [0, 0.1) is 24.0 Å². The predicted molar refractivity (Wildman–Crippen MR) is 133 cm³/mol. The van der Waals surface area contributed by atoms with Crippen molar-refractivity contribution < 1.29 is 13.3 Å². The third kappa shape index (κ3) is 5.30. The van der Waals surface area contributed by atoms with E-state index in [1.165, 1.54) is 18.5 Å². The maximum atomic E-state index is 12.9. The zero-order valence-electron chi connectivity index (χ0n) is 19.3. The fourth-order valence-electron chi connectivity index (χ4n) is 3.66. The predicted octanol–water partition coefficient (Wildman–Crippen LogP) is 4.77. The Labute approximate surface area is 202 Å². The molecule has 10 nitrogen and oxygen atoms in total. The fourth-order valence-corrected chi connectivity index (χ4v) is 4.81. The van der Waals surface area contributed by atoms with E-state index in [4.69, 9.17) is 0 Å². The van der Waals surface area contributed by atoms with Crippen molar-refractivity contribution in [3.63, 3.8) is 0 Å². The summed E-state index contributed by atoms with van der Waals surface area (Å²) in [5.74, 6) is 0. The Bertz CT molecular complexity index is 1470. The van der Waals surface area contributed by atoms with Gasteiger partial charge in [0.25, 0.3) is 15.7 Å². The van der Waals surface area contributed by atoms with Crippen molar-refractivity contribution in [3.8, 4) is 5.69 Å². The largest absolute Gasteiger partial charge is 0.373 e. The van der Waals surface area contributed by atoms with Crippen molar-refractivity contribution >= 4 is 27.1 Å². The molecule has 0 radical (unpaired) electrons. The number of hydrogen-bond acceptors (Lipinski definition) is 7. The van der Waals surface area contributed by atoms with E-state index in [9.17, 15) is 18.5 Å². The summed E-state index contributed by atoms with van der Waals surface area (Å²) in [5.41, 5.74) is 3.77. The molecule has 4 rings (SSSR count). The quantitative estimate of drug-likeness (QED) is 0.267. The minimum absolute atomic E-state index is 0.195. The van der Waals surface area contributed by atoms with Crippen LogP contribution in [0.5, 0.6) is 0 Å². The van der Waals surface area contributed by atoms with Crippen LogP contribution in [0.25, 0.3) is 5.69 Å². The summed E-state index contributed by atoms with van der Waals surface area (Å²) in [6, 6.07) is 16.4. The number of aryl methyl sites for hydroxylation is 2. The molecule has 1 aromatic heterocycles. The number of nitrogens with zero attached hydrogens (tertiary/aromatic N) is 4. The molecule has 0 aliphatic rings. The van der Waals surface area contributed by atoms with Crippen molar-refractivity contribution in [2.45, 2.75) is 31.7 Å². The molecule has 3 aromatic carbocycles. The number of aromatic nitrogens is 3.